The van der Waals surface area contributed by atoms with Gasteiger partial charge in [0.05, 0.1) is 6.54 Å². The van der Waals surface area contributed by atoms with Gasteiger partial charge in [-0.15, -0.1) is 18.3 Å². The van der Waals surface area contributed by atoms with Crippen molar-refractivity contribution in [2.45, 2.75) is 26.8 Å². The van der Waals surface area contributed by atoms with Crippen molar-refractivity contribution in [1.82, 2.24) is 19.7 Å². The Morgan fingerprint density at radius 2 is 1.94 bits per heavy atom. The monoisotopic (exact) mass is 451 g/mol. The summed E-state index contributed by atoms with van der Waals surface area (Å²) < 4.78 is 42.2. The fraction of sp³-hybridized carbons (Fsp3) is 0.200. The van der Waals surface area contributed by atoms with Crippen molar-refractivity contribution in [3.05, 3.63) is 77.1 Å². The van der Waals surface area contributed by atoms with Crippen LogP contribution < -0.4 is 4.74 Å². The molecule has 162 valence electrons. The second-order valence-electron chi connectivity index (χ2n) is 6.39. The molecule has 0 saturated heterocycles. The lowest BCUT2D eigenvalue weighted by Crippen LogP contribution is -2.17. The molecule has 0 unspecified atom stereocenters. The van der Waals surface area contributed by atoms with Crippen LogP contribution >= 0.6 is 11.6 Å². The summed E-state index contributed by atoms with van der Waals surface area (Å²) in [6.45, 7) is 7.64. The van der Waals surface area contributed by atoms with Gasteiger partial charge in [-0.3, -0.25) is 0 Å². The number of alkyl halides is 3. The number of hydrogen-bond acceptors (Lipinski definition) is 6. The van der Waals surface area contributed by atoms with Crippen molar-refractivity contribution in [3.8, 4) is 5.75 Å². The molecule has 0 aliphatic rings. The molecule has 0 fully saturated rings. The van der Waals surface area contributed by atoms with E-state index in [1.807, 2.05) is 6.07 Å². The second-order valence-corrected chi connectivity index (χ2v) is 6.78. The number of rotatable bonds is 7. The molecule has 7 nitrogen and oxygen atoms in total. The fourth-order valence-electron chi connectivity index (χ4n) is 2.50. The maximum Gasteiger partial charge on any atom is 0.573 e. The molecule has 0 atom stereocenters. The van der Waals surface area contributed by atoms with Crippen LogP contribution in [0.25, 0.3) is 5.76 Å². The summed E-state index contributed by atoms with van der Waals surface area (Å²) in [5.74, 6) is 0.820. The highest BCUT2D eigenvalue weighted by molar-refractivity contribution is 6.29. The number of aryl methyl sites for hydroxylation is 1. The highest BCUT2D eigenvalue weighted by atomic mass is 35.5. The van der Waals surface area contributed by atoms with Gasteiger partial charge in [-0.05, 0) is 55.8 Å². The molecule has 1 aromatic carbocycles. The zero-order valence-corrected chi connectivity index (χ0v) is 17.3. The summed E-state index contributed by atoms with van der Waals surface area (Å²) in [4.78, 5) is 13.6. The molecule has 0 aliphatic carbocycles. The van der Waals surface area contributed by atoms with Crippen LogP contribution in [0.1, 0.15) is 29.7 Å². The Kier molecular flexibility index (Phi) is 6.59. The van der Waals surface area contributed by atoms with Gasteiger partial charge in [0.15, 0.2) is 11.6 Å². The summed E-state index contributed by atoms with van der Waals surface area (Å²) in [6.07, 6.45) is -3.15. The Balaban J connectivity index is 1.65. The second kappa shape index (κ2) is 9.17. The number of halogens is 4. The lowest BCUT2D eigenvalue weighted by Gasteiger charge is -2.09. The first-order valence-electron chi connectivity index (χ1n) is 8.89. The number of benzene rings is 1. The number of nitrogens with zero attached hydrogens (tertiary/aromatic N) is 5. The molecule has 0 N–H and O–H groups in total. The van der Waals surface area contributed by atoms with Crippen LogP contribution in [-0.2, 0) is 11.4 Å². The Bertz CT molecular complexity index is 1110. The Hall–Kier alpha value is -3.40. The lowest BCUT2D eigenvalue weighted by molar-refractivity contribution is -0.274. The van der Waals surface area contributed by atoms with Crippen molar-refractivity contribution in [3.63, 3.8) is 0 Å². The first-order valence-corrected chi connectivity index (χ1v) is 9.27. The number of pyridine rings is 1. The highest BCUT2D eigenvalue weighted by Crippen LogP contribution is 2.24. The zero-order chi connectivity index (χ0) is 22.6. The smallest absolute Gasteiger partial charge is 0.406 e. The Morgan fingerprint density at radius 1 is 1.23 bits per heavy atom. The van der Waals surface area contributed by atoms with Gasteiger partial charge in [0.25, 0.3) is 0 Å². The molecule has 0 radical (unpaired) electrons. The van der Waals surface area contributed by atoms with E-state index in [-0.39, 0.29) is 11.5 Å². The van der Waals surface area contributed by atoms with Crippen LogP contribution in [0.5, 0.6) is 5.75 Å². The van der Waals surface area contributed by atoms with Crippen LogP contribution in [0.2, 0.25) is 5.15 Å². The lowest BCUT2D eigenvalue weighted by atomic mass is 10.2. The number of aromatic nitrogens is 4. The molecule has 3 aromatic rings. The van der Waals surface area contributed by atoms with E-state index < -0.39 is 6.36 Å². The van der Waals surface area contributed by atoms with Gasteiger partial charge in [-0.2, -0.15) is 0 Å². The standard InChI is InChI=1S/C20H17ClF3N5O2/c1-12(19-26-14(3)29(27-19)11-15-8-9-25-18(21)10-15)28-31-13(2)16-4-6-17(7-5-16)30-20(22,23)24/h4-10H,2,11H2,1,3H3. The average Bonchev–Trinajstić information content (AvgIpc) is 3.05. The predicted molar refractivity (Wildman–Crippen MR) is 109 cm³/mol. The van der Waals surface area contributed by atoms with Gasteiger partial charge >= 0.3 is 6.36 Å². The Labute approximate surface area is 180 Å². The number of oxime groups is 1. The molecule has 31 heavy (non-hydrogen) atoms. The van der Waals surface area contributed by atoms with Gasteiger partial charge in [-0.1, -0.05) is 23.3 Å². The molecule has 2 aromatic heterocycles. The van der Waals surface area contributed by atoms with Crippen molar-refractivity contribution >= 4 is 23.1 Å². The van der Waals surface area contributed by atoms with Crippen LogP contribution in [0.3, 0.4) is 0 Å². The van der Waals surface area contributed by atoms with Crippen molar-refractivity contribution in [2.24, 2.45) is 5.16 Å². The normalized spacial score (nSPS) is 12.0. The number of ether oxygens (including phenoxy) is 1. The predicted octanol–water partition coefficient (Wildman–Crippen LogP) is 4.99. The van der Waals surface area contributed by atoms with E-state index >= 15 is 0 Å². The molecule has 0 spiro atoms. The van der Waals surface area contributed by atoms with Gasteiger partial charge < -0.3 is 9.57 Å². The van der Waals surface area contributed by atoms with E-state index in [1.54, 1.807) is 30.8 Å². The van der Waals surface area contributed by atoms with Gasteiger partial charge in [-0.25, -0.2) is 14.6 Å². The minimum Gasteiger partial charge on any atom is -0.406 e. The van der Waals surface area contributed by atoms with Crippen molar-refractivity contribution in [1.29, 1.82) is 0 Å². The van der Waals surface area contributed by atoms with Crippen molar-refractivity contribution in [2.75, 3.05) is 0 Å². The van der Waals surface area contributed by atoms with Crippen LogP contribution in [0, 0.1) is 6.92 Å². The SMILES string of the molecule is C=C(ON=C(C)c1nc(C)n(Cc2ccnc(Cl)c2)n1)c1ccc(OC(F)(F)F)cc1. The summed E-state index contributed by atoms with van der Waals surface area (Å²) in [7, 11) is 0. The first kappa shape index (κ1) is 22.3. The van der Waals surface area contributed by atoms with Gasteiger partial charge in [0.2, 0.25) is 0 Å². The van der Waals surface area contributed by atoms with E-state index in [4.69, 9.17) is 16.4 Å². The molecule has 2 heterocycles. The van der Waals surface area contributed by atoms with Gasteiger partial charge in [0.1, 0.15) is 22.4 Å². The Morgan fingerprint density at radius 3 is 2.58 bits per heavy atom. The third kappa shape index (κ3) is 6.29. The van der Waals surface area contributed by atoms with Gasteiger partial charge in [0, 0.05) is 11.8 Å². The van der Waals surface area contributed by atoms with E-state index in [9.17, 15) is 13.2 Å². The molecule has 3 rings (SSSR count). The molecule has 11 heteroatoms. The third-order valence-corrected chi connectivity index (χ3v) is 4.21. The third-order valence-electron chi connectivity index (χ3n) is 4.01. The topological polar surface area (TPSA) is 74.4 Å². The van der Waals surface area contributed by atoms with Crippen LogP contribution in [-0.4, -0.2) is 31.8 Å². The van der Waals surface area contributed by atoms with Crippen LogP contribution in [0.4, 0.5) is 13.2 Å². The first-order chi connectivity index (χ1) is 14.6. The molecule has 0 saturated carbocycles. The molecule has 0 aliphatic heterocycles. The van der Waals surface area contributed by atoms with E-state index in [2.05, 4.69) is 31.5 Å². The molecule has 0 bridgehead atoms. The molecular weight excluding hydrogens is 435 g/mol. The van der Waals surface area contributed by atoms with E-state index in [0.29, 0.717) is 34.6 Å². The molecular formula is C20H17ClF3N5O2. The van der Waals surface area contributed by atoms with Crippen LogP contribution in [0.15, 0.2) is 54.3 Å². The van der Waals surface area contributed by atoms with E-state index in [0.717, 1.165) is 17.7 Å². The minimum atomic E-state index is -4.76. The fourth-order valence-corrected chi connectivity index (χ4v) is 2.69. The highest BCUT2D eigenvalue weighted by Gasteiger charge is 2.31. The average molecular weight is 452 g/mol. The summed E-state index contributed by atoms with van der Waals surface area (Å²) in [6, 6.07) is 8.64. The van der Waals surface area contributed by atoms with E-state index in [1.165, 1.54) is 12.1 Å². The summed E-state index contributed by atoms with van der Waals surface area (Å²) in [5.41, 5.74) is 1.75. The summed E-state index contributed by atoms with van der Waals surface area (Å²) >= 11 is 5.91. The minimum absolute atomic E-state index is 0.139. The molecule has 0 amide bonds. The number of hydrogen-bond donors (Lipinski definition) is 0. The largest absolute Gasteiger partial charge is 0.573 e. The van der Waals surface area contributed by atoms with Crippen molar-refractivity contribution < 1.29 is 22.7 Å². The maximum atomic E-state index is 12.2. The summed E-state index contributed by atoms with van der Waals surface area (Å²) in [5, 5.41) is 8.76. The maximum absolute atomic E-state index is 12.2. The zero-order valence-electron chi connectivity index (χ0n) is 16.5. The quantitative estimate of drug-likeness (QED) is 0.219.